The summed E-state index contributed by atoms with van der Waals surface area (Å²) in [6.45, 7) is 0. The molecule has 0 saturated carbocycles. The van der Waals surface area contributed by atoms with Gasteiger partial charge in [-0.05, 0) is 158 Å². The van der Waals surface area contributed by atoms with Crippen molar-refractivity contribution in [3.63, 3.8) is 0 Å². The molecular formula is C100H60N8S3. The van der Waals surface area contributed by atoms with Crippen LogP contribution in [0.3, 0.4) is 0 Å². The number of aromatic nitrogens is 8. The zero-order valence-electron chi connectivity index (χ0n) is 59.4. The first kappa shape index (κ1) is 64.3. The van der Waals surface area contributed by atoms with Crippen molar-refractivity contribution in [1.82, 2.24) is 39.0 Å². The summed E-state index contributed by atoms with van der Waals surface area (Å²) in [7, 11) is 0. The van der Waals surface area contributed by atoms with Gasteiger partial charge in [-0.15, -0.1) is 34.0 Å². The van der Waals surface area contributed by atoms with Crippen LogP contribution in [0.15, 0.2) is 364 Å². The molecular weight excluding hydrogens is 1410 g/mol. The van der Waals surface area contributed by atoms with Crippen LogP contribution in [0, 0.1) is 0 Å². The van der Waals surface area contributed by atoms with Crippen LogP contribution in [0.4, 0.5) is 0 Å². The third kappa shape index (κ3) is 11.4. The molecule has 0 radical (unpaired) electrons. The first-order valence-corrected chi connectivity index (χ1v) is 39.5. The monoisotopic (exact) mass is 1470 g/mol. The van der Waals surface area contributed by atoms with Crippen LogP contribution in [-0.2, 0) is 0 Å². The van der Waals surface area contributed by atoms with E-state index in [1.54, 1.807) is 34.0 Å². The van der Waals surface area contributed by atoms with E-state index in [2.05, 4.69) is 367 Å². The molecule has 22 aromatic rings. The maximum absolute atomic E-state index is 5.53. The lowest BCUT2D eigenvalue weighted by Gasteiger charge is -2.16. The summed E-state index contributed by atoms with van der Waals surface area (Å²) in [5.74, 6) is 3.57. The van der Waals surface area contributed by atoms with Gasteiger partial charge < -0.3 is 9.13 Å². The summed E-state index contributed by atoms with van der Waals surface area (Å²) in [5, 5.41) is 9.43. The van der Waals surface area contributed by atoms with Crippen LogP contribution >= 0.6 is 34.0 Å². The molecule has 7 aromatic heterocycles. The van der Waals surface area contributed by atoms with Crippen LogP contribution in [0.25, 0.3) is 218 Å². The maximum atomic E-state index is 5.53. The third-order valence-electron chi connectivity index (χ3n) is 21.4. The average Bonchev–Trinajstić information content (AvgIpc) is 1.60. The van der Waals surface area contributed by atoms with E-state index in [9.17, 15) is 0 Å². The number of nitrogens with zero attached hydrogens (tertiary/aromatic N) is 8. The maximum Gasteiger partial charge on any atom is 0.165 e. The molecule has 0 bridgehead atoms. The fraction of sp³-hybridized carbons (Fsp3) is 0. The van der Waals surface area contributed by atoms with Crippen molar-refractivity contribution in [1.29, 1.82) is 0 Å². The van der Waals surface area contributed by atoms with Crippen LogP contribution in [0.5, 0.6) is 0 Å². The Morgan fingerprint density at radius 3 is 1.08 bits per heavy atom. The van der Waals surface area contributed by atoms with Crippen molar-refractivity contribution in [3.05, 3.63) is 364 Å². The SMILES string of the molecule is c1ccc(-c2cccc(-c3nc(-c4ccc(-c5cc6ccccc6s5)cc4)nc(-c4cc(-n5c6ccccc6c6ccccc65)cc(-n5c6ccccc6c6cc(-c7ccc8sc9c(-c%10nc(-c%11ccc(-c%12cc%13ccccc%13s%12)cc%11)nc(-c%11cccc(-c%12ccccc%12)c%11)n%10)cccc9c8c7)ccc65)c4)n3)c2)cc1. The number of fused-ring (bicyclic) bond motifs is 11. The highest BCUT2D eigenvalue weighted by Crippen LogP contribution is 2.45. The van der Waals surface area contributed by atoms with Crippen molar-refractivity contribution in [2.75, 3.05) is 0 Å². The van der Waals surface area contributed by atoms with E-state index in [0.717, 1.165) is 132 Å². The predicted octanol–water partition coefficient (Wildman–Crippen LogP) is 27.4. The highest BCUT2D eigenvalue weighted by Gasteiger charge is 2.24. The minimum absolute atomic E-state index is 0.557. The fourth-order valence-electron chi connectivity index (χ4n) is 16.0. The highest BCUT2D eigenvalue weighted by atomic mass is 32.1. The van der Waals surface area contributed by atoms with Crippen molar-refractivity contribution < 1.29 is 0 Å². The number of hydrogen-bond donors (Lipinski definition) is 0. The molecule has 0 N–H and O–H groups in total. The molecule has 0 unspecified atom stereocenters. The Morgan fingerprint density at radius 2 is 0.559 bits per heavy atom. The highest BCUT2D eigenvalue weighted by molar-refractivity contribution is 7.26. The van der Waals surface area contributed by atoms with Gasteiger partial charge in [-0.1, -0.05) is 261 Å². The Kier molecular flexibility index (Phi) is 15.3. The standard InChI is InChI=1S/C100H60N8S3/c1-3-20-61(21-4-1)67-26-17-28-73(52-67)97-101-95(65-44-40-63(41-45-65)92-58-71-24-7-15-38-89(71)109-92)103-99(104-97)75-54-76(107-85-35-12-9-30-78(85)79-31-10-13-36-86(79)107)60-77(55-75)108-87-37-14-11-32-80(87)83-56-69(48-50-88(83)108)70-49-51-91-84(57-70)81-33-19-34-82(94(81)111-91)100-105-96(66-46-42-64(43-47-66)93-59-72-25-8-16-39-90(72)110-93)102-98(106-100)74-29-18-27-68(53-74)62-22-5-2-6-23-62/h1-60H. The summed E-state index contributed by atoms with van der Waals surface area (Å²) in [4.78, 5) is 34.9. The van der Waals surface area contributed by atoms with Crippen LogP contribution in [0.1, 0.15) is 0 Å². The second kappa shape index (κ2) is 26.5. The van der Waals surface area contributed by atoms with E-state index < -0.39 is 0 Å². The zero-order chi connectivity index (χ0) is 73.0. The summed E-state index contributed by atoms with van der Waals surface area (Å²) in [6, 6.07) is 131. The van der Waals surface area contributed by atoms with Gasteiger partial charge in [0.2, 0.25) is 0 Å². The van der Waals surface area contributed by atoms with Crippen molar-refractivity contribution in [2.24, 2.45) is 0 Å². The molecule has 0 spiro atoms. The molecule has 7 heterocycles. The van der Waals surface area contributed by atoms with Gasteiger partial charge in [-0.2, -0.15) is 0 Å². The minimum atomic E-state index is 0.557. The summed E-state index contributed by atoms with van der Waals surface area (Å²) < 4.78 is 9.65. The Morgan fingerprint density at radius 1 is 0.189 bits per heavy atom. The first-order valence-electron chi connectivity index (χ1n) is 37.1. The van der Waals surface area contributed by atoms with Gasteiger partial charge in [-0.3, -0.25) is 0 Å². The molecule has 11 heteroatoms. The molecule has 8 nitrogen and oxygen atoms in total. The fourth-order valence-corrected chi connectivity index (χ4v) is 19.4. The van der Waals surface area contributed by atoms with Crippen LogP contribution in [-0.4, -0.2) is 39.0 Å². The van der Waals surface area contributed by atoms with Gasteiger partial charge in [0.15, 0.2) is 34.9 Å². The van der Waals surface area contributed by atoms with Crippen LogP contribution in [0.2, 0.25) is 0 Å². The largest absolute Gasteiger partial charge is 0.309 e. The van der Waals surface area contributed by atoms with E-state index in [1.807, 2.05) is 6.07 Å². The number of benzene rings is 15. The van der Waals surface area contributed by atoms with Gasteiger partial charge in [-0.25, -0.2) is 29.9 Å². The van der Waals surface area contributed by atoms with E-state index >= 15 is 0 Å². The Balaban J connectivity index is 0.678. The summed E-state index contributed by atoms with van der Waals surface area (Å²) in [5.41, 5.74) is 20.7. The smallest absolute Gasteiger partial charge is 0.165 e. The van der Waals surface area contributed by atoms with Crippen molar-refractivity contribution in [2.45, 2.75) is 0 Å². The quantitative estimate of drug-likeness (QED) is 0.114. The molecule has 518 valence electrons. The molecule has 0 atom stereocenters. The normalized spacial score (nSPS) is 11.8. The van der Waals surface area contributed by atoms with Gasteiger partial charge in [0, 0.05) is 106 Å². The first-order chi connectivity index (χ1) is 54.9. The zero-order valence-corrected chi connectivity index (χ0v) is 61.9. The van der Waals surface area contributed by atoms with E-state index in [1.165, 1.54) is 50.8 Å². The number of hydrogen-bond acceptors (Lipinski definition) is 9. The van der Waals surface area contributed by atoms with Gasteiger partial charge in [0.25, 0.3) is 0 Å². The predicted molar refractivity (Wildman–Crippen MR) is 465 cm³/mol. The number of para-hydroxylation sites is 3. The van der Waals surface area contributed by atoms with Crippen LogP contribution < -0.4 is 0 Å². The molecule has 15 aromatic carbocycles. The molecule has 0 fully saturated rings. The Bertz CT molecular complexity index is 7340. The van der Waals surface area contributed by atoms with Gasteiger partial charge in [0.05, 0.1) is 22.1 Å². The Labute approximate surface area is 650 Å². The third-order valence-corrected chi connectivity index (χ3v) is 25.0. The molecule has 0 saturated heterocycles. The number of thiophene rings is 3. The average molecular weight is 1470 g/mol. The van der Waals surface area contributed by atoms with E-state index in [4.69, 9.17) is 29.9 Å². The topological polar surface area (TPSA) is 87.2 Å². The van der Waals surface area contributed by atoms with Crippen molar-refractivity contribution >= 4 is 118 Å². The molecule has 111 heavy (non-hydrogen) atoms. The minimum Gasteiger partial charge on any atom is -0.309 e. The molecule has 0 aliphatic rings. The summed E-state index contributed by atoms with van der Waals surface area (Å²) in [6.07, 6.45) is 0. The Hall–Kier alpha value is -13.9. The lowest BCUT2D eigenvalue weighted by molar-refractivity contribution is 1.07. The van der Waals surface area contributed by atoms with E-state index in [0.29, 0.717) is 34.9 Å². The molecule has 0 amide bonds. The second-order valence-electron chi connectivity index (χ2n) is 28.1. The van der Waals surface area contributed by atoms with Gasteiger partial charge in [0.1, 0.15) is 0 Å². The summed E-state index contributed by atoms with van der Waals surface area (Å²) >= 11 is 5.39. The second-order valence-corrected chi connectivity index (χ2v) is 31.4. The van der Waals surface area contributed by atoms with Gasteiger partial charge >= 0.3 is 0 Å². The van der Waals surface area contributed by atoms with E-state index in [-0.39, 0.29) is 0 Å². The lowest BCUT2D eigenvalue weighted by atomic mass is 10.00. The molecule has 0 aliphatic heterocycles. The lowest BCUT2D eigenvalue weighted by Crippen LogP contribution is -2.03. The molecule has 0 aliphatic carbocycles. The number of rotatable bonds is 13. The molecule has 22 rings (SSSR count). The van der Waals surface area contributed by atoms with Crippen molar-refractivity contribution in [3.8, 4) is 134 Å².